The van der Waals surface area contributed by atoms with Crippen LogP contribution in [0.1, 0.15) is 5.56 Å². The second-order valence-electron chi connectivity index (χ2n) is 4.00. The lowest BCUT2D eigenvalue weighted by Gasteiger charge is -2.12. The van der Waals surface area contributed by atoms with Gasteiger partial charge in [-0.3, -0.25) is 0 Å². The Kier molecular flexibility index (Phi) is 4.13. The van der Waals surface area contributed by atoms with Crippen LogP contribution in [0.2, 0.25) is 0 Å². The SMILES string of the molecule is COc1ccc(COc2ccccc2OC)c(N)c1. The molecule has 0 heterocycles. The normalized spacial score (nSPS) is 10.0. The monoisotopic (exact) mass is 259 g/mol. The maximum Gasteiger partial charge on any atom is 0.161 e. The number of nitrogen functional groups attached to an aromatic ring is 1. The first-order valence-electron chi connectivity index (χ1n) is 5.93. The molecule has 0 radical (unpaired) electrons. The molecule has 19 heavy (non-hydrogen) atoms. The van der Waals surface area contributed by atoms with Gasteiger partial charge in [-0.15, -0.1) is 0 Å². The van der Waals surface area contributed by atoms with Gasteiger partial charge in [0.2, 0.25) is 0 Å². The fourth-order valence-electron chi connectivity index (χ4n) is 1.72. The van der Waals surface area contributed by atoms with Crippen molar-refractivity contribution in [1.29, 1.82) is 0 Å². The number of ether oxygens (including phenoxy) is 3. The van der Waals surface area contributed by atoms with Crippen molar-refractivity contribution in [3.05, 3.63) is 48.0 Å². The number of hydrogen-bond donors (Lipinski definition) is 1. The van der Waals surface area contributed by atoms with Crippen LogP contribution in [0.3, 0.4) is 0 Å². The number of hydrogen-bond acceptors (Lipinski definition) is 4. The topological polar surface area (TPSA) is 53.7 Å². The van der Waals surface area contributed by atoms with Crippen LogP contribution in [0.4, 0.5) is 5.69 Å². The summed E-state index contributed by atoms with van der Waals surface area (Å²) in [6, 6.07) is 13.0. The highest BCUT2D eigenvalue weighted by molar-refractivity contribution is 5.51. The Morgan fingerprint density at radius 2 is 1.68 bits per heavy atom. The number of anilines is 1. The Bertz CT molecular complexity index is 555. The minimum atomic E-state index is 0.385. The maximum atomic E-state index is 5.94. The van der Waals surface area contributed by atoms with Crippen molar-refractivity contribution in [2.75, 3.05) is 20.0 Å². The molecule has 0 unspecified atom stereocenters. The van der Waals surface area contributed by atoms with Crippen molar-refractivity contribution >= 4 is 5.69 Å². The molecule has 0 aliphatic heterocycles. The number of rotatable bonds is 5. The van der Waals surface area contributed by atoms with Crippen LogP contribution in [0, 0.1) is 0 Å². The molecule has 0 fully saturated rings. The van der Waals surface area contributed by atoms with Crippen LogP contribution >= 0.6 is 0 Å². The van der Waals surface area contributed by atoms with Gasteiger partial charge in [-0.25, -0.2) is 0 Å². The summed E-state index contributed by atoms with van der Waals surface area (Å²) in [6.45, 7) is 0.385. The van der Waals surface area contributed by atoms with Gasteiger partial charge in [0.05, 0.1) is 14.2 Å². The van der Waals surface area contributed by atoms with Gasteiger partial charge in [0.15, 0.2) is 11.5 Å². The van der Waals surface area contributed by atoms with Gasteiger partial charge in [0, 0.05) is 17.3 Å². The van der Waals surface area contributed by atoms with Crippen LogP contribution in [0.25, 0.3) is 0 Å². The average molecular weight is 259 g/mol. The summed E-state index contributed by atoms with van der Waals surface area (Å²) in [5.41, 5.74) is 7.50. The van der Waals surface area contributed by atoms with E-state index >= 15 is 0 Å². The lowest BCUT2D eigenvalue weighted by atomic mass is 10.2. The van der Waals surface area contributed by atoms with Gasteiger partial charge >= 0.3 is 0 Å². The van der Waals surface area contributed by atoms with Gasteiger partial charge in [-0.1, -0.05) is 12.1 Å². The summed E-state index contributed by atoms with van der Waals surface area (Å²) < 4.78 is 16.1. The van der Waals surface area contributed by atoms with Crippen molar-refractivity contribution < 1.29 is 14.2 Å². The van der Waals surface area contributed by atoms with Crippen LogP contribution in [-0.4, -0.2) is 14.2 Å². The smallest absolute Gasteiger partial charge is 0.161 e. The molecule has 2 aromatic rings. The molecule has 2 aromatic carbocycles. The zero-order valence-electron chi connectivity index (χ0n) is 11.1. The van der Waals surface area contributed by atoms with Crippen LogP contribution in [0.5, 0.6) is 17.2 Å². The maximum absolute atomic E-state index is 5.94. The predicted molar refractivity (Wildman–Crippen MR) is 74.7 cm³/mol. The van der Waals surface area contributed by atoms with Crippen LogP contribution in [-0.2, 0) is 6.61 Å². The third-order valence-corrected chi connectivity index (χ3v) is 2.81. The number of nitrogens with two attached hydrogens (primary N) is 1. The van der Waals surface area contributed by atoms with Gasteiger partial charge < -0.3 is 19.9 Å². The predicted octanol–water partition coefficient (Wildman–Crippen LogP) is 2.87. The fourth-order valence-corrected chi connectivity index (χ4v) is 1.72. The summed E-state index contributed by atoms with van der Waals surface area (Å²) in [7, 11) is 3.23. The molecule has 0 saturated carbocycles. The molecule has 0 aliphatic rings. The first kappa shape index (κ1) is 13.1. The van der Waals surface area contributed by atoms with Gasteiger partial charge in [0.25, 0.3) is 0 Å². The molecule has 0 saturated heterocycles. The standard InChI is InChI=1S/C15H17NO3/c1-17-12-8-7-11(13(16)9-12)10-19-15-6-4-3-5-14(15)18-2/h3-9H,10,16H2,1-2H3. The second-order valence-corrected chi connectivity index (χ2v) is 4.00. The highest BCUT2D eigenvalue weighted by Gasteiger charge is 2.05. The lowest BCUT2D eigenvalue weighted by Crippen LogP contribution is -2.01. The molecule has 0 aliphatic carbocycles. The second kappa shape index (κ2) is 6.00. The van der Waals surface area contributed by atoms with E-state index in [2.05, 4.69) is 0 Å². The van der Waals surface area contributed by atoms with E-state index in [1.54, 1.807) is 20.3 Å². The zero-order valence-corrected chi connectivity index (χ0v) is 11.1. The van der Waals surface area contributed by atoms with E-state index in [1.165, 1.54) is 0 Å². The summed E-state index contributed by atoms with van der Waals surface area (Å²) in [5, 5.41) is 0. The van der Waals surface area contributed by atoms with Crippen molar-refractivity contribution in [1.82, 2.24) is 0 Å². The van der Waals surface area contributed by atoms with E-state index in [9.17, 15) is 0 Å². The molecule has 0 aromatic heterocycles. The highest BCUT2D eigenvalue weighted by Crippen LogP contribution is 2.28. The third kappa shape index (κ3) is 3.10. The Balaban J connectivity index is 2.10. The molecule has 0 spiro atoms. The Hall–Kier alpha value is -2.36. The van der Waals surface area contributed by atoms with Gasteiger partial charge in [-0.2, -0.15) is 0 Å². The minimum absolute atomic E-state index is 0.385. The van der Waals surface area contributed by atoms with E-state index in [0.29, 0.717) is 23.8 Å². The molecular weight excluding hydrogens is 242 g/mol. The summed E-state index contributed by atoms with van der Waals surface area (Å²) in [5.74, 6) is 2.13. The molecule has 4 heteroatoms. The van der Waals surface area contributed by atoms with Crippen molar-refractivity contribution in [3.8, 4) is 17.2 Å². The van der Waals surface area contributed by atoms with Crippen molar-refractivity contribution in [2.45, 2.75) is 6.61 Å². The van der Waals surface area contributed by atoms with Gasteiger partial charge in [-0.05, 0) is 24.3 Å². The first-order valence-corrected chi connectivity index (χ1v) is 5.93. The summed E-state index contributed by atoms with van der Waals surface area (Å²) in [6.07, 6.45) is 0. The molecule has 2 rings (SSSR count). The van der Waals surface area contributed by atoms with Gasteiger partial charge in [0.1, 0.15) is 12.4 Å². The van der Waals surface area contributed by atoms with Crippen LogP contribution in [0.15, 0.2) is 42.5 Å². The van der Waals surface area contributed by atoms with E-state index in [-0.39, 0.29) is 0 Å². The fraction of sp³-hybridized carbons (Fsp3) is 0.200. The molecule has 2 N–H and O–H groups in total. The van der Waals surface area contributed by atoms with Crippen molar-refractivity contribution in [3.63, 3.8) is 0 Å². The largest absolute Gasteiger partial charge is 0.497 e. The van der Waals surface area contributed by atoms with Crippen molar-refractivity contribution in [2.24, 2.45) is 0 Å². The van der Waals surface area contributed by atoms with Crippen LogP contribution < -0.4 is 19.9 Å². The molecule has 0 amide bonds. The molecule has 100 valence electrons. The van der Waals surface area contributed by atoms with E-state index in [0.717, 1.165) is 11.3 Å². The number of benzene rings is 2. The number of methoxy groups -OCH3 is 2. The first-order chi connectivity index (χ1) is 9.24. The average Bonchev–Trinajstić information content (AvgIpc) is 2.46. The lowest BCUT2D eigenvalue weighted by molar-refractivity contribution is 0.285. The third-order valence-electron chi connectivity index (χ3n) is 2.81. The summed E-state index contributed by atoms with van der Waals surface area (Å²) in [4.78, 5) is 0. The summed E-state index contributed by atoms with van der Waals surface area (Å²) >= 11 is 0. The molecular formula is C15H17NO3. The quantitative estimate of drug-likeness (QED) is 0.839. The van der Waals surface area contributed by atoms with E-state index in [1.807, 2.05) is 36.4 Å². The minimum Gasteiger partial charge on any atom is -0.497 e. The highest BCUT2D eigenvalue weighted by atomic mass is 16.5. The number of para-hydroxylation sites is 2. The molecule has 0 bridgehead atoms. The Morgan fingerprint density at radius 1 is 0.947 bits per heavy atom. The molecule has 0 atom stereocenters. The Morgan fingerprint density at radius 3 is 2.32 bits per heavy atom. The van der Waals surface area contributed by atoms with E-state index < -0.39 is 0 Å². The zero-order chi connectivity index (χ0) is 13.7. The Labute approximate surface area is 112 Å². The molecule has 4 nitrogen and oxygen atoms in total. The van der Waals surface area contributed by atoms with E-state index in [4.69, 9.17) is 19.9 Å².